The Morgan fingerprint density at radius 1 is 1.13 bits per heavy atom. The van der Waals surface area contributed by atoms with Crippen LogP contribution in [0.1, 0.15) is 42.0 Å². The molecule has 5 nitrogen and oxygen atoms in total. The first-order valence-electron chi connectivity index (χ1n) is 10.1. The first-order valence-corrected chi connectivity index (χ1v) is 11.6. The molecule has 0 aromatic heterocycles. The quantitative estimate of drug-likeness (QED) is 0.780. The molecule has 1 aliphatic rings. The number of sulfonamides is 1. The number of aryl methyl sites for hydroxylation is 3. The molecule has 0 unspecified atom stereocenters. The van der Waals surface area contributed by atoms with E-state index < -0.39 is 15.4 Å². The monoisotopic (exact) mass is 432 g/mol. The Bertz CT molecular complexity index is 1030. The highest BCUT2D eigenvalue weighted by atomic mass is 32.2. The van der Waals surface area contributed by atoms with Crippen LogP contribution in [0.5, 0.6) is 0 Å². The number of halogens is 1. The molecule has 1 saturated heterocycles. The number of rotatable bonds is 5. The van der Waals surface area contributed by atoms with Crippen LogP contribution in [0.2, 0.25) is 0 Å². The SMILES string of the molecule is Cc1cc(C)c(S(=O)(=O)N2CCC[C@@](C)(C(=O)NCc3ccc(F)cc3)C2)c(C)c1. The molecular weight excluding hydrogens is 403 g/mol. The van der Waals surface area contributed by atoms with Crippen LogP contribution >= 0.6 is 0 Å². The van der Waals surface area contributed by atoms with Crippen molar-refractivity contribution in [3.8, 4) is 0 Å². The van der Waals surface area contributed by atoms with Gasteiger partial charge in [-0.05, 0) is 69.4 Å². The molecule has 1 N–H and O–H groups in total. The average Bonchev–Trinajstić information content (AvgIpc) is 2.66. The molecule has 1 fully saturated rings. The zero-order chi connectivity index (χ0) is 22.1. The number of benzene rings is 2. The number of nitrogens with one attached hydrogen (secondary N) is 1. The number of hydrogen-bond acceptors (Lipinski definition) is 3. The van der Waals surface area contributed by atoms with Gasteiger partial charge >= 0.3 is 0 Å². The molecule has 0 aliphatic carbocycles. The van der Waals surface area contributed by atoms with E-state index in [1.54, 1.807) is 12.1 Å². The third-order valence-corrected chi connectivity index (χ3v) is 7.93. The lowest BCUT2D eigenvalue weighted by atomic mass is 9.82. The summed E-state index contributed by atoms with van der Waals surface area (Å²) in [4.78, 5) is 13.3. The van der Waals surface area contributed by atoms with Crippen LogP contribution in [0, 0.1) is 32.0 Å². The highest BCUT2D eigenvalue weighted by Crippen LogP contribution is 2.34. The zero-order valence-corrected chi connectivity index (χ0v) is 18.8. The molecule has 1 heterocycles. The summed E-state index contributed by atoms with van der Waals surface area (Å²) in [5.74, 6) is -0.518. The van der Waals surface area contributed by atoms with E-state index in [0.717, 1.165) is 22.3 Å². The molecule has 1 amide bonds. The number of carbonyl (C=O) groups is 1. The lowest BCUT2D eigenvalue weighted by molar-refractivity contribution is -0.132. The molecule has 7 heteroatoms. The third-order valence-electron chi connectivity index (χ3n) is 5.78. The molecule has 0 saturated carbocycles. The average molecular weight is 433 g/mol. The Balaban J connectivity index is 1.78. The van der Waals surface area contributed by atoms with Crippen molar-refractivity contribution < 1.29 is 17.6 Å². The van der Waals surface area contributed by atoms with E-state index in [1.165, 1.54) is 16.4 Å². The Labute approximate surface area is 178 Å². The fraction of sp³-hybridized carbons (Fsp3) is 0.435. The normalized spacial score (nSPS) is 20.2. The zero-order valence-electron chi connectivity index (χ0n) is 18.0. The van der Waals surface area contributed by atoms with E-state index in [0.29, 0.717) is 24.3 Å². The van der Waals surface area contributed by atoms with E-state index in [9.17, 15) is 17.6 Å². The molecule has 3 rings (SSSR count). The van der Waals surface area contributed by atoms with Crippen molar-refractivity contribution in [3.05, 3.63) is 64.5 Å². The predicted molar refractivity (Wildman–Crippen MR) is 115 cm³/mol. The number of nitrogens with zero attached hydrogens (tertiary/aromatic N) is 1. The number of carbonyl (C=O) groups excluding carboxylic acids is 1. The highest BCUT2D eigenvalue weighted by Gasteiger charge is 2.42. The van der Waals surface area contributed by atoms with E-state index in [2.05, 4.69) is 5.32 Å². The van der Waals surface area contributed by atoms with Crippen molar-refractivity contribution in [1.29, 1.82) is 0 Å². The molecule has 2 aromatic carbocycles. The maximum Gasteiger partial charge on any atom is 0.243 e. The number of piperidine rings is 1. The van der Waals surface area contributed by atoms with Crippen LogP contribution in [0.4, 0.5) is 4.39 Å². The van der Waals surface area contributed by atoms with Crippen LogP contribution in [0.25, 0.3) is 0 Å². The van der Waals surface area contributed by atoms with Crippen molar-refractivity contribution >= 4 is 15.9 Å². The van der Waals surface area contributed by atoms with Crippen molar-refractivity contribution in [2.24, 2.45) is 5.41 Å². The van der Waals surface area contributed by atoms with Gasteiger partial charge in [0.1, 0.15) is 5.82 Å². The second-order valence-corrected chi connectivity index (χ2v) is 10.4. The van der Waals surface area contributed by atoms with Gasteiger partial charge in [0.25, 0.3) is 0 Å². The van der Waals surface area contributed by atoms with Gasteiger partial charge in [-0.2, -0.15) is 4.31 Å². The van der Waals surface area contributed by atoms with Gasteiger partial charge in [-0.15, -0.1) is 0 Å². The predicted octanol–water partition coefficient (Wildman–Crippen LogP) is 3.86. The molecular formula is C23H29FN2O3S. The standard InChI is InChI=1S/C23H29FN2O3S/c1-16-12-17(2)21(18(3)13-16)30(28,29)26-11-5-10-23(4,15-26)22(27)25-14-19-6-8-20(24)9-7-19/h6-9,12-13H,5,10-11,14-15H2,1-4H3,(H,25,27)/t23-/m1/s1. The maximum atomic E-state index is 13.4. The van der Waals surface area contributed by atoms with Gasteiger partial charge in [-0.3, -0.25) is 4.79 Å². The van der Waals surface area contributed by atoms with Gasteiger partial charge in [-0.25, -0.2) is 12.8 Å². The Kier molecular flexibility index (Phi) is 6.34. The Morgan fingerprint density at radius 3 is 2.33 bits per heavy atom. The molecule has 1 atom stereocenters. The molecule has 0 spiro atoms. The fourth-order valence-corrected chi connectivity index (χ4v) is 6.30. The van der Waals surface area contributed by atoms with Crippen molar-refractivity contribution in [1.82, 2.24) is 9.62 Å². The maximum absolute atomic E-state index is 13.4. The van der Waals surface area contributed by atoms with Gasteiger partial charge in [-0.1, -0.05) is 29.8 Å². The smallest absolute Gasteiger partial charge is 0.243 e. The first-order chi connectivity index (χ1) is 14.0. The fourth-order valence-electron chi connectivity index (χ4n) is 4.28. The van der Waals surface area contributed by atoms with Crippen LogP contribution in [-0.2, 0) is 21.4 Å². The summed E-state index contributed by atoms with van der Waals surface area (Å²) in [6, 6.07) is 9.70. The topological polar surface area (TPSA) is 66.5 Å². The summed E-state index contributed by atoms with van der Waals surface area (Å²) >= 11 is 0. The van der Waals surface area contributed by atoms with Gasteiger partial charge in [0.15, 0.2) is 0 Å². The largest absolute Gasteiger partial charge is 0.352 e. The number of amides is 1. The minimum atomic E-state index is -3.70. The van der Waals surface area contributed by atoms with E-state index in [-0.39, 0.29) is 24.8 Å². The lowest BCUT2D eigenvalue weighted by Crippen LogP contribution is -2.51. The van der Waals surface area contributed by atoms with E-state index in [1.807, 2.05) is 39.8 Å². The summed E-state index contributed by atoms with van der Waals surface area (Å²) in [6.45, 7) is 8.19. The first kappa shape index (κ1) is 22.4. The summed E-state index contributed by atoms with van der Waals surface area (Å²) in [6.07, 6.45) is 1.23. The Morgan fingerprint density at radius 2 is 1.73 bits per heavy atom. The summed E-state index contributed by atoms with van der Waals surface area (Å²) in [5.41, 5.74) is 2.44. The third kappa shape index (κ3) is 4.57. The molecule has 0 radical (unpaired) electrons. The summed E-state index contributed by atoms with van der Waals surface area (Å²) < 4.78 is 41.3. The Hall–Kier alpha value is -2.25. The molecule has 2 aromatic rings. The van der Waals surface area contributed by atoms with Gasteiger partial charge in [0.2, 0.25) is 15.9 Å². The van der Waals surface area contributed by atoms with Crippen molar-refractivity contribution in [3.63, 3.8) is 0 Å². The summed E-state index contributed by atoms with van der Waals surface area (Å²) in [5, 5.41) is 2.89. The minimum absolute atomic E-state index is 0.136. The van der Waals surface area contributed by atoms with Gasteiger partial charge in [0, 0.05) is 19.6 Å². The van der Waals surface area contributed by atoms with Gasteiger partial charge < -0.3 is 5.32 Å². The minimum Gasteiger partial charge on any atom is -0.352 e. The molecule has 30 heavy (non-hydrogen) atoms. The summed E-state index contributed by atoms with van der Waals surface area (Å²) in [7, 11) is -3.70. The molecule has 1 aliphatic heterocycles. The molecule has 0 bridgehead atoms. The van der Waals surface area contributed by atoms with E-state index in [4.69, 9.17) is 0 Å². The van der Waals surface area contributed by atoms with Crippen LogP contribution < -0.4 is 5.32 Å². The van der Waals surface area contributed by atoms with Crippen molar-refractivity contribution in [2.75, 3.05) is 13.1 Å². The van der Waals surface area contributed by atoms with Crippen molar-refractivity contribution in [2.45, 2.75) is 52.0 Å². The second kappa shape index (κ2) is 8.47. The van der Waals surface area contributed by atoms with E-state index >= 15 is 0 Å². The lowest BCUT2D eigenvalue weighted by Gasteiger charge is -2.39. The highest BCUT2D eigenvalue weighted by molar-refractivity contribution is 7.89. The van der Waals surface area contributed by atoms with Crippen LogP contribution in [0.15, 0.2) is 41.3 Å². The number of hydrogen-bond donors (Lipinski definition) is 1. The van der Waals surface area contributed by atoms with Gasteiger partial charge in [0.05, 0.1) is 10.3 Å². The van der Waals surface area contributed by atoms with Crippen LogP contribution in [0.3, 0.4) is 0 Å². The molecule has 162 valence electrons. The second-order valence-electron chi connectivity index (χ2n) is 8.54. The van der Waals surface area contributed by atoms with Crippen LogP contribution in [-0.4, -0.2) is 31.7 Å².